The van der Waals surface area contributed by atoms with Crippen molar-refractivity contribution >= 4 is 5.91 Å². The van der Waals surface area contributed by atoms with Crippen LogP contribution in [0.15, 0.2) is 24.5 Å². The molecule has 0 N–H and O–H groups in total. The van der Waals surface area contributed by atoms with Gasteiger partial charge in [0.15, 0.2) is 0 Å². The Kier molecular flexibility index (Phi) is 3.12. The van der Waals surface area contributed by atoms with Crippen LogP contribution in [0, 0.1) is 0 Å². The van der Waals surface area contributed by atoms with Crippen molar-refractivity contribution in [1.82, 2.24) is 19.2 Å². The molecule has 2 aromatic heterocycles. The number of hydrogen-bond donors (Lipinski definition) is 0. The highest BCUT2D eigenvalue weighted by atomic mass is 16.2. The van der Waals surface area contributed by atoms with Crippen molar-refractivity contribution < 1.29 is 4.79 Å². The zero-order valence-corrected chi connectivity index (χ0v) is 12.2. The van der Waals surface area contributed by atoms with Crippen LogP contribution in [-0.4, -0.2) is 31.7 Å². The predicted molar refractivity (Wildman–Crippen MR) is 76.5 cm³/mol. The minimum Gasteiger partial charge on any atom is -0.348 e. The zero-order valence-electron chi connectivity index (χ0n) is 12.2. The maximum atomic E-state index is 12.8. The third-order valence-electron chi connectivity index (χ3n) is 4.07. The molecule has 1 unspecified atom stereocenters. The summed E-state index contributed by atoms with van der Waals surface area (Å²) in [6.07, 6.45) is 4.69. The van der Waals surface area contributed by atoms with Gasteiger partial charge < -0.3 is 9.47 Å². The quantitative estimate of drug-likeness (QED) is 0.839. The topological polar surface area (TPSA) is 43.1 Å². The number of carbonyl (C=O) groups excluding carboxylic acids is 1. The van der Waals surface area contributed by atoms with Gasteiger partial charge in [-0.2, -0.15) is 5.10 Å². The molecule has 0 bridgehead atoms. The lowest BCUT2D eigenvalue weighted by molar-refractivity contribution is 0.0643. The molecule has 2 aromatic rings. The summed E-state index contributed by atoms with van der Waals surface area (Å²) < 4.78 is 3.95. The van der Waals surface area contributed by atoms with E-state index in [0.717, 1.165) is 30.8 Å². The van der Waals surface area contributed by atoms with E-state index in [1.807, 2.05) is 31.1 Å². The zero-order chi connectivity index (χ0) is 14.3. The van der Waals surface area contributed by atoms with Gasteiger partial charge in [0.1, 0.15) is 0 Å². The van der Waals surface area contributed by atoms with Gasteiger partial charge in [0.05, 0.1) is 17.3 Å². The van der Waals surface area contributed by atoms with E-state index in [-0.39, 0.29) is 11.9 Å². The summed E-state index contributed by atoms with van der Waals surface area (Å²) in [7, 11) is 1.86. The molecule has 106 valence electrons. The Morgan fingerprint density at radius 1 is 1.45 bits per heavy atom. The molecule has 3 rings (SSSR count). The third-order valence-corrected chi connectivity index (χ3v) is 4.07. The van der Waals surface area contributed by atoms with Crippen LogP contribution in [0.1, 0.15) is 41.6 Å². The number of nitrogens with zero attached hydrogens (tertiary/aromatic N) is 4. The van der Waals surface area contributed by atoms with Crippen molar-refractivity contribution in [3.63, 3.8) is 0 Å². The number of hydrogen-bond acceptors (Lipinski definition) is 2. The molecule has 3 heterocycles. The standard InChI is InChI=1S/C15H20N4O/c1-4-13-12(10-17(3)16-13)15(20)19-9-8-18-7-5-6-14(18)11(19)2/h5-7,10-11H,4,8-9H2,1-3H3. The number of aromatic nitrogens is 3. The molecule has 1 aliphatic rings. The molecule has 0 radical (unpaired) electrons. The Bertz CT molecular complexity index is 640. The molecule has 5 nitrogen and oxygen atoms in total. The Morgan fingerprint density at radius 3 is 3.00 bits per heavy atom. The van der Waals surface area contributed by atoms with E-state index >= 15 is 0 Å². The van der Waals surface area contributed by atoms with Crippen LogP contribution in [-0.2, 0) is 20.0 Å². The number of carbonyl (C=O) groups is 1. The molecule has 1 amide bonds. The van der Waals surface area contributed by atoms with Crippen LogP contribution in [0.25, 0.3) is 0 Å². The molecule has 1 aliphatic heterocycles. The normalized spacial score (nSPS) is 18.1. The van der Waals surface area contributed by atoms with E-state index in [2.05, 4.69) is 28.9 Å². The lowest BCUT2D eigenvalue weighted by Crippen LogP contribution is -2.40. The van der Waals surface area contributed by atoms with Crippen LogP contribution in [0.2, 0.25) is 0 Å². The van der Waals surface area contributed by atoms with E-state index in [1.165, 1.54) is 5.69 Å². The monoisotopic (exact) mass is 272 g/mol. The highest BCUT2D eigenvalue weighted by molar-refractivity contribution is 5.95. The Hall–Kier alpha value is -2.04. The van der Waals surface area contributed by atoms with E-state index in [1.54, 1.807) is 4.68 Å². The molecular formula is C15H20N4O. The van der Waals surface area contributed by atoms with Crippen molar-refractivity contribution in [2.75, 3.05) is 6.54 Å². The highest BCUT2D eigenvalue weighted by Gasteiger charge is 2.29. The maximum absolute atomic E-state index is 12.8. The summed E-state index contributed by atoms with van der Waals surface area (Å²) in [4.78, 5) is 14.7. The average Bonchev–Trinajstić information content (AvgIpc) is 3.04. The van der Waals surface area contributed by atoms with Gasteiger partial charge in [-0.05, 0) is 25.5 Å². The second-order valence-electron chi connectivity index (χ2n) is 5.32. The molecular weight excluding hydrogens is 252 g/mol. The van der Waals surface area contributed by atoms with Crippen molar-refractivity contribution in [1.29, 1.82) is 0 Å². The largest absolute Gasteiger partial charge is 0.348 e. The second kappa shape index (κ2) is 4.81. The summed E-state index contributed by atoms with van der Waals surface area (Å²) in [5, 5.41) is 4.37. The Labute approximate surface area is 118 Å². The van der Waals surface area contributed by atoms with Crippen LogP contribution in [0.3, 0.4) is 0 Å². The lowest BCUT2D eigenvalue weighted by Gasteiger charge is -2.34. The summed E-state index contributed by atoms with van der Waals surface area (Å²) in [6, 6.07) is 4.24. The van der Waals surface area contributed by atoms with Gasteiger partial charge in [0, 0.05) is 38.2 Å². The number of aryl methyl sites for hydroxylation is 2. The van der Waals surface area contributed by atoms with Gasteiger partial charge in [-0.25, -0.2) is 0 Å². The molecule has 20 heavy (non-hydrogen) atoms. The average molecular weight is 272 g/mol. The van der Waals surface area contributed by atoms with Gasteiger partial charge in [0.25, 0.3) is 5.91 Å². The van der Waals surface area contributed by atoms with Gasteiger partial charge in [-0.3, -0.25) is 9.48 Å². The van der Waals surface area contributed by atoms with Crippen molar-refractivity contribution in [2.24, 2.45) is 7.05 Å². The van der Waals surface area contributed by atoms with Crippen LogP contribution in [0.4, 0.5) is 0 Å². The fourth-order valence-electron chi connectivity index (χ4n) is 2.99. The van der Waals surface area contributed by atoms with Crippen LogP contribution < -0.4 is 0 Å². The molecule has 0 fully saturated rings. The van der Waals surface area contributed by atoms with Crippen molar-refractivity contribution in [3.05, 3.63) is 41.5 Å². The van der Waals surface area contributed by atoms with Crippen molar-refractivity contribution in [2.45, 2.75) is 32.9 Å². The first-order valence-electron chi connectivity index (χ1n) is 7.10. The predicted octanol–water partition coefficient (Wildman–Crippen LogP) is 2.00. The summed E-state index contributed by atoms with van der Waals surface area (Å²) in [5.41, 5.74) is 2.82. The first-order chi connectivity index (χ1) is 9.61. The summed E-state index contributed by atoms with van der Waals surface area (Å²) in [5.74, 6) is 0.0925. The minimum atomic E-state index is 0.0925. The molecule has 1 atom stereocenters. The third kappa shape index (κ3) is 1.94. The van der Waals surface area contributed by atoms with Crippen molar-refractivity contribution in [3.8, 4) is 0 Å². The second-order valence-corrected chi connectivity index (χ2v) is 5.32. The number of fused-ring (bicyclic) bond motifs is 1. The van der Waals surface area contributed by atoms with E-state index in [4.69, 9.17) is 0 Å². The molecule has 0 saturated heterocycles. The maximum Gasteiger partial charge on any atom is 0.257 e. The Balaban J connectivity index is 1.92. The fraction of sp³-hybridized carbons (Fsp3) is 0.467. The molecule has 0 aliphatic carbocycles. The molecule has 0 saturated carbocycles. The molecule has 5 heteroatoms. The minimum absolute atomic E-state index is 0.0925. The smallest absolute Gasteiger partial charge is 0.257 e. The van der Waals surface area contributed by atoms with Crippen LogP contribution in [0.5, 0.6) is 0 Å². The van der Waals surface area contributed by atoms with E-state index < -0.39 is 0 Å². The van der Waals surface area contributed by atoms with Crippen LogP contribution >= 0.6 is 0 Å². The fourth-order valence-corrected chi connectivity index (χ4v) is 2.99. The number of rotatable bonds is 2. The molecule has 0 spiro atoms. The SMILES string of the molecule is CCc1nn(C)cc1C(=O)N1CCn2cccc2C1C. The summed E-state index contributed by atoms with van der Waals surface area (Å²) in [6.45, 7) is 5.73. The highest BCUT2D eigenvalue weighted by Crippen LogP contribution is 2.27. The first-order valence-corrected chi connectivity index (χ1v) is 7.10. The lowest BCUT2D eigenvalue weighted by atomic mass is 10.1. The van der Waals surface area contributed by atoms with E-state index in [0.29, 0.717) is 0 Å². The van der Waals surface area contributed by atoms with Gasteiger partial charge >= 0.3 is 0 Å². The van der Waals surface area contributed by atoms with Gasteiger partial charge in [-0.15, -0.1) is 0 Å². The molecule has 0 aromatic carbocycles. The summed E-state index contributed by atoms with van der Waals surface area (Å²) >= 11 is 0. The first kappa shape index (κ1) is 13.0. The Morgan fingerprint density at radius 2 is 2.25 bits per heavy atom. The van der Waals surface area contributed by atoms with Gasteiger partial charge in [0.2, 0.25) is 0 Å². The number of amides is 1. The van der Waals surface area contributed by atoms with E-state index in [9.17, 15) is 4.79 Å². The van der Waals surface area contributed by atoms with Gasteiger partial charge in [-0.1, -0.05) is 6.92 Å².